The Morgan fingerprint density at radius 1 is 1.63 bits per heavy atom. The molecule has 1 amide bonds. The molecule has 1 aromatic heterocycles. The van der Waals surface area contributed by atoms with Crippen LogP contribution in [0.15, 0.2) is 6.20 Å². The van der Waals surface area contributed by atoms with E-state index in [4.69, 9.17) is 5.73 Å². The van der Waals surface area contributed by atoms with E-state index < -0.39 is 16.9 Å². The van der Waals surface area contributed by atoms with Crippen molar-refractivity contribution >= 4 is 23.4 Å². The van der Waals surface area contributed by atoms with Crippen molar-refractivity contribution in [3.8, 4) is 0 Å². The molecule has 19 heavy (non-hydrogen) atoms. The number of nitro groups is 1. The second kappa shape index (κ2) is 6.47. The normalized spacial score (nSPS) is 11.7. The molecule has 0 saturated heterocycles. The van der Waals surface area contributed by atoms with Crippen molar-refractivity contribution in [3.05, 3.63) is 16.3 Å². The zero-order valence-corrected chi connectivity index (χ0v) is 10.7. The van der Waals surface area contributed by atoms with Gasteiger partial charge in [0.05, 0.1) is 4.92 Å². The van der Waals surface area contributed by atoms with E-state index in [1.807, 2.05) is 6.92 Å². The Balaban J connectivity index is 3.01. The third kappa shape index (κ3) is 4.05. The van der Waals surface area contributed by atoms with Crippen molar-refractivity contribution in [2.24, 2.45) is 5.73 Å². The second-order valence-electron chi connectivity index (χ2n) is 3.88. The molecule has 0 bridgehead atoms. The van der Waals surface area contributed by atoms with Gasteiger partial charge in [-0.3, -0.25) is 14.9 Å². The summed E-state index contributed by atoms with van der Waals surface area (Å²) in [5, 5.41) is 16.4. The van der Waals surface area contributed by atoms with Gasteiger partial charge in [0.25, 0.3) is 0 Å². The summed E-state index contributed by atoms with van der Waals surface area (Å²) in [6.07, 6.45) is 1.95. The highest BCUT2D eigenvalue weighted by molar-refractivity contribution is 5.82. The van der Waals surface area contributed by atoms with E-state index in [0.717, 1.165) is 12.6 Å². The fraction of sp³-hybridized carbons (Fsp3) is 0.500. The second-order valence-corrected chi connectivity index (χ2v) is 3.88. The summed E-state index contributed by atoms with van der Waals surface area (Å²) in [4.78, 5) is 29.0. The zero-order valence-electron chi connectivity index (χ0n) is 10.7. The van der Waals surface area contributed by atoms with Gasteiger partial charge in [-0.2, -0.15) is 4.98 Å². The van der Waals surface area contributed by atoms with E-state index in [1.54, 1.807) is 0 Å². The van der Waals surface area contributed by atoms with Crippen LogP contribution in [0.25, 0.3) is 0 Å². The molecule has 1 atom stereocenters. The maximum atomic E-state index is 11.0. The molecule has 0 aliphatic rings. The van der Waals surface area contributed by atoms with E-state index in [9.17, 15) is 14.9 Å². The van der Waals surface area contributed by atoms with Gasteiger partial charge in [-0.25, -0.2) is 4.98 Å². The summed E-state index contributed by atoms with van der Waals surface area (Å²) in [7, 11) is 0. The van der Waals surface area contributed by atoms with Crippen molar-refractivity contribution in [2.45, 2.75) is 26.3 Å². The van der Waals surface area contributed by atoms with Crippen LogP contribution in [0.4, 0.5) is 17.5 Å². The van der Waals surface area contributed by atoms with Crippen LogP contribution in [0.1, 0.15) is 20.3 Å². The molecule has 0 aromatic carbocycles. The molecular weight excluding hydrogens is 252 g/mol. The highest BCUT2D eigenvalue weighted by atomic mass is 16.6. The number of nitrogens with two attached hydrogens (primary N) is 1. The van der Waals surface area contributed by atoms with E-state index in [2.05, 4.69) is 20.6 Å². The van der Waals surface area contributed by atoms with Crippen LogP contribution in [0.2, 0.25) is 0 Å². The Bertz CT molecular complexity index is 478. The lowest BCUT2D eigenvalue weighted by Gasteiger charge is -2.11. The number of primary amides is 1. The third-order valence-electron chi connectivity index (χ3n) is 2.28. The van der Waals surface area contributed by atoms with Gasteiger partial charge in [0, 0.05) is 6.54 Å². The maximum absolute atomic E-state index is 11.0. The molecule has 0 spiro atoms. The monoisotopic (exact) mass is 268 g/mol. The Kier molecular flexibility index (Phi) is 4.98. The van der Waals surface area contributed by atoms with Gasteiger partial charge in [-0.1, -0.05) is 6.92 Å². The average Bonchev–Trinajstić information content (AvgIpc) is 2.36. The van der Waals surface area contributed by atoms with E-state index >= 15 is 0 Å². The lowest BCUT2D eigenvalue weighted by Crippen LogP contribution is -2.33. The van der Waals surface area contributed by atoms with E-state index in [1.165, 1.54) is 6.92 Å². The summed E-state index contributed by atoms with van der Waals surface area (Å²) >= 11 is 0. The van der Waals surface area contributed by atoms with E-state index in [-0.39, 0.29) is 17.5 Å². The topological polar surface area (TPSA) is 136 Å². The summed E-state index contributed by atoms with van der Waals surface area (Å²) in [6, 6.07) is -0.771. The fourth-order valence-corrected chi connectivity index (χ4v) is 1.21. The van der Waals surface area contributed by atoms with Crippen molar-refractivity contribution in [3.63, 3.8) is 0 Å². The number of hydrogen-bond acceptors (Lipinski definition) is 7. The zero-order chi connectivity index (χ0) is 14.4. The van der Waals surface area contributed by atoms with Crippen LogP contribution in [-0.2, 0) is 4.79 Å². The number of aromatic nitrogens is 2. The molecule has 4 N–H and O–H groups in total. The van der Waals surface area contributed by atoms with Crippen molar-refractivity contribution in [1.82, 2.24) is 9.97 Å². The molecule has 1 aromatic rings. The molecule has 104 valence electrons. The summed E-state index contributed by atoms with van der Waals surface area (Å²) in [5.41, 5.74) is 4.79. The molecule has 0 radical (unpaired) electrons. The smallest absolute Gasteiger partial charge is 0.329 e. The van der Waals surface area contributed by atoms with Gasteiger partial charge < -0.3 is 16.4 Å². The maximum Gasteiger partial charge on any atom is 0.329 e. The Hall–Kier alpha value is -2.45. The summed E-state index contributed by atoms with van der Waals surface area (Å²) < 4.78 is 0. The van der Waals surface area contributed by atoms with E-state index in [0.29, 0.717) is 6.54 Å². The lowest BCUT2D eigenvalue weighted by molar-refractivity contribution is -0.384. The van der Waals surface area contributed by atoms with Crippen LogP contribution in [0.3, 0.4) is 0 Å². The number of amides is 1. The summed E-state index contributed by atoms with van der Waals surface area (Å²) in [6.45, 7) is 4.10. The predicted octanol–water partition coefficient (Wildman–Crippen LogP) is 0.492. The van der Waals surface area contributed by atoms with Crippen LogP contribution in [-0.4, -0.2) is 33.4 Å². The molecular formula is C10H16N6O3. The fourth-order valence-electron chi connectivity index (χ4n) is 1.21. The molecule has 1 unspecified atom stereocenters. The van der Waals surface area contributed by atoms with Gasteiger partial charge in [-0.05, 0) is 13.3 Å². The van der Waals surface area contributed by atoms with Gasteiger partial charge in [-0.15, -0.1) is 0 Å². The van der Waals surface area contributed by atoms with Crippen LogP contribution in [0, 0.1) is 10.1 Å². The Labute approximate surface area is 109 Å². The number of carbonyl (C=O) groups excluding carboxylic acids is 1. The predicted molar refractivity (Wildman–Crippen MR) is 69.7 cm³/mol. The first-order valence-corrected chi connectivity index (χ1v) is 5.76. The van der Waals surface area contributed by atoms with Crippen molar-refractivity contribution < 1.29 is 9.72 Å². The van der Waals surface area contributed by atoms with Crippen molar-refractivity contribution in [2.75, 3.05) is 17.2 Å². The molecule has 0 saturated carbocycles. The van der Waals surface area contributed by atoms with Gasteiger partial charge in [0.15, 0.2) is 0 Å². The minimum Gasteiger partial charge on any atom is -0.368 e. The van der Waals surface area contributed by atoms with Crippen LogP contribution in [0.5, 0.6) is 0 Å². The van der Waals surface area contributed by atoms with Gasteiger partial charge in [0.1, 0.15) is 12.2 Å². The first-order valence-electron chi connectivity index (χ1n) is 5.76. The highest BCUT2D eigenvalue weighted by Crippen LogP contribution is 2.22. The molecule has 1 heterocycles. The third-order valence-corrected chi connectivity index (χ3v) is 2.28. The number of nitrogens with zero attached hydrogens (tertiary/aromatic N) is 3. The largest absolute Gasteiger partial charge is 0.368 e. The Morgan fingerprint density at radius 3 is 2.84 bits per heavy atom. The lowest BCUT2D eigenvalue weighted by atomic mass is 10.3. The van der Waals surface area contributed by atoms with Crippen LogP contribution < -0.4 is 16.4 Å². The molecule has 9 heteroatoms. The van der Waals surface area contributed by atoms with Crippen molar-refractivity contribution in [1.29, 1.82) is 0 Å². The molecule has 9 nitrogen and oxygen atoms in total. The SMILES string of the molecule is CCCNc1ncc([N+](=O)[O-])c(NC(C)C(N)=O)n1. The molecule has 0 aliphatic heterocycles. The number of hydrogen-bond donors (Lipinski definition) is 3. The minimum absolute atomic E-state index is 0.0371. The number of rotatable bonds is 7. The minimum atomic E-state index is -0.771. The quantitative estimate of drug-likeness (QED) is 0.483. The number of nitrogens with one attached hydrogen (secondary N) is 2. The van der Waals surface area contributed by atoms with Gasteiger partial charge >= 0.3 is 5.69 Å². The first kappa shape index (κ1) is 14.6. The van der Waals surface area contributed by atoms with Crippen LogP contribution >= 0.6 is 0 Å². The Morgan fingerprint density at radius 2 is 2.32 bits per heavy atom. The average molecular weight is 268 g/mol. The first-order chi connectivity index (χ1) is 8.95. The highest BCUT2D eigenvalue weighted by Gasteiger charge is 2.20. The standard InChI is InChI=1S/C10H16N6O3/c1-3-4-12-10-13-5-7(16(18)19)9(15-10)14-6(2)8(11)17/h5-6H,3-4H2,1-2H3,(H2,11,17)(H2,12,13,14,15). The molecule has 0 aliphatic carbocycles. The molecule has 0 fully saturated rings. The van der Waals surface area contributed by atoms with Gasteiger partial charge in [0.2, 0.25) is 17.7 Å². The number of anilines is 2. The number of carbonyl (C=O) groups is 1. The summed E-state index contributed by atoms with van der Waals surface area (Å²) in [5.74, 6) is -0.410. The molecule has 1 rings (SSSR count).